The summed E-state index contributed by atoms with van der Waals surface area (Å²) in [6.07, 6.45) is 2.06. The van der Waals surface area contributed by atoms with E-state index >= 15 is 0 Å². The molecule has 0 unspecified atom stereocenters. The number of halogens is 1. The molecule has 4 nitrogen and oxygen atoms in total. The monoisotopic (exact) mass is 252 g/mol. The van der Waals surface area contributed by atoms with Crippen LogP contribution < -0.4 is 4.90 Å². The van der Waals surface area contributed by atoms with E-state index in [2.05, 4.69) is 13.8 Å². The van der Waals surface area contributed by atoms with Crippen LogP contribution in [0, 0.1) is 21.3 Å². The first-order chi connectivity index (χ1) is 8.41. The third kappa shape index (κ3) is 2.44. The summed E-state index contributed by atoms with van der Waals surface area (Å²) in [5.41, 5.74) is 0.0984. The standard InChI is InChI=1S/C13H17FN2O2/c1-13(2)7-4-8-15(9-13)11-6-3-5-10(14)12(11)16(17)18/h3,5-6H,4,7-9H2,1-2H3. The first kappa shape index (κ1) is 12.8. The van der Waals surface area contributed by atoms with Crippen LogP contribution in [0.2, 0.25) is 0 Å². The Morgan fingerprint density at radius 1 is 1.44 bits per heavy atom. The molecule has 18 heavy (non-hydrogen) atoms. The topological polar surface area (TPSA) is 46.4 Å². The average Bonchev–Trinajstić information content (AvgIpc) is 2.26. The molecule has 0 atom stereocenters. The summed E-state index contributed by atoms with van der Waals surface area (Å²) >= 11 is 0. The highest BCUT2D eigenvalue weighted by Crippen LogP contribution is 2.36. The lowest BCUT2D eigenvalue weighted by molar-refractivity contribution is -0.386. The number of hydrogen-bond acceptors (Lipinski definition) is 3. The molecule has 1 aromatic carbocycles. The molecule has 5 heteroatoms. The van der Waals surface area contributed by atoms with Gasteiger partial charge in [-0.05, 0) is 30.4 Å². The van der Waals surface area contributed by atoms with Gasteiger partial charge in [0, 0.05) is 13.1 Å². The van der Waals surface area contributed by atoms with Gasteiger partial charge in [-0.15, -0.1) is 0 Å². The van der Waals surface area contributed by atoms with Gasteiger partial charge in [-0.1, -0.05) is 19.9 Å². The Morgan fingerprint density at radius 3 is 2.78 bits per heavy atom. The third-order valence-corrected chi connectivity index (χ3v) is 3.39. The van der Waals surface area contributed by atoms with Crippen molar-refractivity contribution in [2.75, 3.05) is 18.0 Å². The van der Waals surface area contributed by atoms with Gasteiger partial charge in [-0.3, -0.25) is 10.1 Å². The van der Waals surface area contributed by atoms with Gasteiger partial charge in [0.15, 0.2) is 0 Å². The van der Waals surface area contributed by atoms with Gasteiger partial charge < -0.3 is 4.90 Å². The van der Waals surface area contributed by atoms with Crippen molar-refractivity contribution < 1.29 is 9.31 Å². The first-order valence-electron chi connectivity index (χ1n) is 6.08. The van der Waals surface area contributed by atoms with E-state index in [9.17, 15) is 14.5 Å². The molecule has 0 radical (unpaired) electrons. The van der Waals surface area contributed by atoms with Crippen molar-refractivity contribution >= 4 is 11.4 Å². The molecule has 0 aliphatic carbocycles. The van der Waals surface area contributed by atoms with Crippen molar-refractivity contribution in [2.45, 2.75) is 26.7 Å². The number of hydrogen-bond donors (Lipinski definition) is 0. The molecule has 98 valence electrons. The van der Waals surface area contributed by atoms with E-state index in [0.29, 0.717) is 5.69 Å². The van der Waals surface area contributed by atoms with E-state index in [1.165, 1.54) is 6.07 Å². The predicted molar refractivity (Wildman–Crippen MR) is 68.3 cm³/mol. The van der Waals surface area contributed by atoms with Crippen molar-refractivity contribution in [3.63, 3.8) is 0 Å². The molecule has 2 rings (SSSR count). The Hall–Kier alpha value is -1.65. The Bertz CT molecular complexity index is 474. The van der Waals surface area contributed by atoms with E-state index in [0.717, 1.165) is 32.0 Å². The Kier molecular flexibility index (Phi) is 3.24. The number of benzene rings is 1. The van der Waals surface area contributed by atoms with Crippen LogP contribution in [0.4, 0.5) is 15.8 Å². The Balaban J connectivity index is 2.39. The number of nitrogens with zero attached hydrogens (tertiary/aromatic N) is 2. The Morgan fingerprint density at radius 2 is 2.17 bits per heavy atom. The second-order valence-electron chi connectivity index (χ2n) is 5.55. The van der Waals surface area contributed by atoms with Gasteiger partial charge in [0.2, 0.25) is 5.82 Å². The molecule has 0 aromatic heterocycles. The molecule has 1 aliphatic heterocycles. The summed E-state index contributed by atoms with van der Waals surface area (Å²) in [4.78, 5) is 12.3. The van der Waals surface area contributed by atoms with Crippen LogP contribution in [0.1, 0.15) is 26.7 Å². The molecule has 1 aromatic rings. The molecule has 0 N–H and O–H groups in total. The zero-order valence-electron chi connectivity index (χ0n) is 10.6. The average molecular weight is 252 g/mol. The van der Waals surface area contributed by atoms with Crippen LogP contribution in [-0.4, -0.2) is 18.0 Å². The van der Waals surface area contributed by atoms with Gasteiger partial charge in [0.05, 0.1) is 4.92 Å². The summed E-state index contributed by atoms with van der Waals surface area (Å²) in [7, 11) is 0. The van der Waals surface area contributed by atoms with Crippen LogP contribution in [-0.2, 0) is 0 Å². The van der Waals surface area contributed by atoms with E-state index in [1.54, 1.807) is 6.07 Å². The molecule has 0 bridgehead atoms. The van der Waals surface area contributed by atoms with E-state index in [4.69, 9.17) is 0 Å². The second kappa shape index (κ2) is 4.55. The normalized spacial score (nSPS) is 18.7. The lowest BCUT2D eigenvalue weighted by Gasteiger charge is -2.39. The smallest absolute Gasteiger partial charge is 0.327 e. The van der Waals surface area contributed by atoms with Crippen LogP contribution in [0.3, 0.4) is 0 Å². The fourth-order valence-corrected chi connectivity index (χ4v) is 2.57. The number of nitro benzene ring substituents is 1. The first-order valence-corrected chi connectivity index (χ1v) is 6.08. The third-order valence-electron chi connectivity index (χ3n) is 3.39. The van der Waals surface area contributed by atoms with Gasteiger partial charge in [0.1, 0.15) is 5.69 Å². The lowest BCUT2D eigenvalue weighted by atomic mass is 9.84. The van der Waals surface area contributed by atoms with Crippen LogP contribution >= 0.6 is 0 Å². The number of piperidine rings is 1. The maximum absolute atomic E-state index is 13.6. The van der Waals surface area contributed by atoms with Crippen molar-refractivity contribution in [1.29, 1.82) is 0 Å². The number of rotatable bonds is 2. The minimum Gasteiger partial charge on any atom is -0.365 e. The van der Waals surface area contributed by atoms with Crippen molar-refractivity contribution in [2.24, 2.45) is 5.41 Å². The van der Waals surface area contributed by atoms with Gasteiger partial charge >= 0.3 is 5.69 Å². The molecule has 0 amide bonds. The number of anilines is 1. The van der Waals surface area contributed by atoms with Crippen LogP contribution in [0.25, 0.3) is 0 Å². The molecule has 1 saturated heterocycles. The summed E-state index contributed by atoms with van der Waals surface area (Å²) in [5, 5.41) is 11.0. The van der Waals surface area contributed by atoms with E-state index in [1.807, 2.05) is 4.90 Å². The molecular weight excluding hydrogens is 235 g/mol. The largest absolute Gasteiger partial charge is 0.365 e. The number of nitro groups is 1. The van der Waals surface area contributed by atoms with Gasteiger partial charge in [0.25, 0.3) is 0 Å². The lowest BCUT2D eigenvalue weighted by Crippen LogP contribution is -2.40. The van der Waals surface area contributed by atoms with Crippen LogP contribution in [0.15, 0.2) is 18.2 Å². The maximum atomic E-state index is 13.6. The molecular formula is C13H17FN2O2. The highest BCUT2D eigenvalue weighted by atomic mass is 19.1. The maximum Gasteiger partial charge on any atom is 0.327 e. The molecule has 1 heterocycles. The highest BCUT2D eigenvalue weighted by molar-refractivity contribution is 5.64. The summed E-state index contributed by atoms with van der Waals surface area (Å²) in [6.45, 7) is 5.72. The summed E-state index contributed by atoms with van der Waals surface area (Å²) < 4.78 is 13.6. The van der Waals surface area contributed by atoms with E-state index in [-0.39, 0.29) is 5.41 Å². The fourth-order valence-electron chi connectivity index (χ4n) is 2.57. The molecule has 0 saturated carbocycles. The zero-order valence-corrected chi connectivity index (χ0v) is 10.6. The summed E-state index contributed by atoms with van der Waals surface area (Å²) in [5.74, 6) is -0.763. The zero-order chi connectivity index (χ0) is 13.3. The van der Waals surface area contributed by atoms with Crippen molar-refractivity contribution in [1.82, 2.24) is 0 Å². The highest BCUT2D eigenvalue weighted by Gasteiger charge is 2.31. The molecule has 1 aliphatic rings. The number of para-hydroxylation sites is 1. The second-order valence-corrected chi connectivity index (χ2v) is 5.55. The summed E-state index contributed by atoms with van der Waals surface area (Å²) in [6, 6.07) is 4.29. The van der Waals surface area contributed by atoms with Crippen molar-refractivity contribution in [3.05, 3.63) is 34.1 Å². The van der Waals surface area contributed by atoms with Gasteiger partial charge in [-0.25, -0.2) is 0 Å². The fraction of sp³-hybridized carbons (Fsp3) is 0.538. The van der Waals surface area contributed by atoms with Crippen LogP contribution in [0.5, 0.6) is 0 Å². The molecule has 0 spiro atoms. The SMILES string of the molecule is CC1(C)CCCN(c2cccc(F)c2[N+](=O)[O-])C1. The minimum absolute atomic E-state index is 0.110. The van der Waals surface area contributed by atoms with Crippen molar-refractivity contribution in [3.8, 4) is 0 Å². The van der Waals surface area contributed by atoms with Gasteiger partial charge in [-0.2, -0.15) is 4.39 Å². The Labute approximate surface area is 106 Å². The van der Waals surface area contributed by atoms with E-state index < -0.39 is 16.4 Å². The quantitative estimate of drug-likeness (QED) is 0.599. The molecule has 1 fully saturated rings. The minimum atomic E-state index is -0.763. The predicted octanol–water partition coefficient (Wildman–Crippen LogP) is 3.36.